The zero-order valence-electron chi connectivity index (χ0n) is 13.4. The fraction of sp³-hybridized carbons (Fsp3) is 0.375. The van der Waals surface area contributed by atoms with Crippen LogP contribution < -0.4 is 11.1 Å². The number of nitrogens with one attached hydrogen (secondary N) is 1. The first-order chi connectivity index (χ1) is 10.5. The number of nitrogens with zero attached hydrogens (tertiary/aromatic N) is 3. The molecule has 2 aromatic rings. The Balaban J connectivity index is 0.00000264. The Hall–Kier alpha value is -1.64. The van der Waals surface area contributed by atoms with Gasteiger partial charge in [-0.2, -0.15) is 5.10 Å². The van der Waals surface area contributed by atoms with Crippen LogP contribution in [-0.4, -0.2) is 28.8 Å². The SMILES string of the molecule is CC(C)CN=C(N)NCCc1ccn(-c2ccc(F)cc2)n1.I. The normalized spacial score (nSPS) is 11.4. The smallest absolute Gasteiger partial charge is 0.188 e. The van der Waals surface area contributed by atoms with Crippen LogP contribution in [0.3, 0.4) is 0 Å². The molecule has 0 spiro atoms. The molecule has 5 nitrogen and oxygen atoms in total. The van der Waals surface area contributed by atoms with Crippen molar-refractivity contribution in [3.8, 4) is 5.69 Å². The van der Waals surface area contributed by atoms with Gasteiger partial charge in [0.15, 0.2) is 5.96 Å². The number of aromatic nitrogens is 2. The third-order valence-electron chi connectivity index (χ3n) is 3.05. The van der Waals surface area contributed by atoms with E-state index in [1.165, 1.54) is 12.1 Å². The van der Waals surface area contributed by atoms with Crippen molar-refractivity contribution in [2.45, 2.75) is 20.3 Å². The molecule has 0 aliphatic carbocycles. The molecule has 0 bridgehead atoms. The van der Waals surface area contributed by atoms with Gasteiger partial charge in [0.2, 0.25) is 0 Å². The molecule has 0 aliphatic rings. The van der Waals surface area contributed by atoms with Crippen molar-refractivity contribution in [3.63, 3.8) is 0 Å². The van der Waals surface area contributed by atoms with Gasteiger partial charge in [0, 0.05) is 25.7 Å². The minimum atomic E-state index is -0.253. The molecule has 1 aromatic carbocycles. The summed E-state index contributed by atoms with van der Waals surface area (Å²) in [5.41, 5.74) is 7.54. The molecule has 1 aromatic heterocycles. The van der Waals surface area contributed by atoms with Crippen LogP contribution in [0.25, 0.3) is 5.69 Å². The first kappa shape index (κ1) is 19.4. The van der Waals surface area contributed by atoms with Crippen molar-refractivity contribution >= 4 is 29.9 Å². The Morgan fingerprint density at radius 3 is 2.65 bits per heavy atom. The lowest BCUT2D eigenvalue weighted by Crippen LogP contribution is -2.33. The van der Waals surface area contributed by atoms with Crippen LogP contribution in [0, 0.1) is 11.7 Å². The van der Waals surface area contributed by atoms with Crippen LogP contribution in [-0.2, 0) is 6.42 Å². The minimum absolute atomic E-state index is 0. The number of guanidine groups is 1. The summed E-state index contributed by atoms with van der Waals surface area (Å²) in [6, 6.07) is 8.17. The van der Waals surface area contributed by atoms with Crippen LogP contribution in [0.1, 0.15) is 19.5 Å². The number of nitrogens with two attached hydrogens (primary N) is 1. The lowest BCUT2D eigenvalue weighted by atomic mass is 10.2. The van der Waals surface area contributed by atoms with E-state index in [2.05, 4.69) is 29.3 Å². The Labute approximate surface area is 153 Å². The number of halogens is 2. The Bertz CT molecular complexity index is 622. The first-order valence-electron chi connectivity index (χ1n) is 7.39. The molecule has 0 saturated heterocycles. The first-order valence-corrected chi connectivity index (χ1v) is 7.39. The molecule has 0 aliphatic heterocycles. The molecule has 0 unspecified atom stereocenters. The minimum Gasteiger partial charge on any atom is -0.370 e. The third-order valence-corrected chi connectivity index (χ3v) is 3.05. The molecule has 126 valence electrons. The molecular formula is C16H23FIN5. The second-order valence-corrected chi connectivity index (χ2v) is 5.52. The summed E-state index contributed by atoms with van der Waals surface area (Å²) in [6.07, 6.45) is 2.60. The van der Waals surface area contributed by atoms with Gasteiger partial charge >= 0.3 is 0 Å². The predicted octanol–water partition coefficient (Wildman–Crippen LogP) is 2.73. The maximum atomic E-state index is 12.9. The van der Waals surface area contributed by atoms with Crippen LogP contribution >= 0.6 is 24.0 Å². The number of rotatable bonds is 6. The monoisotopic (exact) mass is 431 g/mol. The van der Waals surface area contributed by atoms with E-state index >= 15 is 0 Å². The summed E-state index contributed by atoms with van der Waals surface area (Å²) in [7, 11) is 0. The van der Waals surface area contributed by atoms with E-state index in [0.717, 1.165) is 24.3 Å². The molecule has 0 atom stereocenters. The van der Waals surface area contributed by atoms with Crippen LogP contribution in [0.2, 0.25) is 0 Å². The molecule has 2 rings (SSSR count). The standard InChI is InChI=1S/C16H22FN5.HI/c1-12(2)11-20-16(18)19-9-7-14-8-10-22(21-14)15-5-3-13(17)4-6-15;/h3-6,8,10,12H,7,9,11H2,1-2H3,(H3,18,19,20);1H. The molecular weight excluding hydrogens is 408 g/mol. The summed E-state index contributed by atoms with van der Waals surface area (Å²) in [4.78, 5) is 4.24. The molecule has 23 heavy (non-hydrogen) atoms. The van der Waals surface area contributed by atoms with Crippen LogP contribution in [0.5, 0.6) is 0 Å². The zero-order chi connectivity index (χ0) is 15.9. The van der Waals surface area contributed by atoms with Gasteiger partial charge < -0.3 is 11.1 Å². The van der Waals surface area contributed by atoms with Crippen molar-refractivity contribution in [2.24, 2.45) is 16.6 Å². The molecule has 0 fully saturated rings. The second kappa shape index (κ2) is 9.49. The molecule has 1 heterocycles. The van der Waals surface area contributed by atoms with Crippen molar-refractivity contribution < 1.29 is 4.39 Å². The van der Waals surface area contributed by atoms with Crippen molar-refractivity contribution in [3.05, 3.63) is 48.0 Å². The predicted molar refractivity (Wildman–Crippen MR) is 102 cm³/mol. The largest absolute Gasteiger partial charge is 0.370 e. The molecule has 0 radical (unpaired) electrons. The van der Waals surface area contributed by atoms with Gasteiger partial charge in [0.1, 0.15) is 5.82 Å². The van der Waals surface area contributed by atoms with Gasteiger partial charge in [0.25, 0.3) is 0 Å². The fourth-order valence-corrected chi connectivity index (χ4v) is 1.89. The van der Waals surface area contributed by atoms with E-state index in [1.807, 2.05) is 12.3 Å². The molecule has 3 N–H and O–H groups in total. The molecule has 7 heteroatoms. The third kappa shape index (κ3) is 6.55. The highest BCUT2D eigenvalue weighted by molar-refractivity contribution is 14.0. The van der Waals surface area contributed by atoms with Gasteiger partial charge in [-0.3, -0.25) is 4.99 Å². The van der Waals surface area contributed by atoms with Gasteiger partial charge in [-0.15, -0.1) is 24.0 Å². The van der Waals surface area contributed by atoms with E-state index in [0.29, 0.717) is 18.4 Å². The van der Waals surface area contributed by atoms with Gasteiger partial charge in [-0.25, -0.2) is 9.07 Å². The highest BCUT2D eigenvalue weighted by Crippen LogP contribution is 2.09. The summed E-state index contributed by atoms with van der Waals surface area (Å²) in [5, 5.41) is 7.53. The fourth-order valence-electron chi connectivity index (χ4n) is 1.89. The molecule has 0 saturated carbocycles. The summed E-state index contributed by atoms with van der Waals surface area (Å²) in [5.74, 6) is 0.704. The highest BCUT2D eigenvalue weighted by Gasteiger charge is 2.02. The maximum Gasteiger partial charge on any atom is 0.188 e. The number of hydrogen-bond donors (Lipinski definition) is 2. The topological polar surface area (TPSA) is 68.2 Å². The van der Waals surface area contributed by atoms with Crippen molar-refractivity contribution in [1.82, 2.24) is 15.1 Å². The van der Waals surface area contributed by atoms with Gasteiger partial charge in [0.05, 0.1) is 11.4 Å². The van der Waals surface area contributed by atoms with Gasteiger partial charge in [-0.1, -0.05) is 13.8 Å². The van der Waals surface area contributed by atoms with Gasteiger partial charge in [-0.05, 0) is 36.2 Å². The van der Waals surface area contributed by atoms with Crippen LogP contribution in [0.15, 0.2) is 41.5 Å². The Kier molecular flexibility index (Phi) is 8.01. The number of benzene rings is 1. The number of hydrogen-bond acceptors (Lipinski definition) is 2. The van der Waals surface area contributed by atoms with E-state index in [1.54, 1.807) is 16.8 Å². The second-order valence-electron chi connectivity index (χ2n) is 5.52. The summed E-state index contributed by atoms with van der Waals surface area (Å²) < 4.78 is 14.6. The average molecular weight is 431 g/mol. The Morgan fingerprint density at radius 2 is 2.00 bits per heavy atom. The Morgan fingerprint density at radius 1 is 1.30 bits per heavy atom. The van der Waals surface area contributed by atoms with E-state index in [-0.39, 0.29) is 29.8 Å². The summed E-state index contributed by atoms with van der Waals surface area (Å²) in [6.45, 7) is 5.59. The van der Waals surface area contributed by atoms with Crippen molar-refractivity contribution in [2.75, 3.05) is 13.1 Å². The van der Waals surface area contributed by atoms with Crippen LogP contribution in [0.4, 0.5) is 4.39 Å². The number of aliphatic imine (C=N–C) groups is 1. The lowest BCUT2D eigenvalue weighted by Gasteiger charge is -2.05. The summed E-state index contributed by atoms with van der Waals surface area (Å²) >= 11 is 0. The van der Waals surface area contributed by atoms with E-state index in [4.69, 9.17) is 5.73 Å². The van der Waals surface area contributed by atoms with E-state index < -0.39 is 0 Å². The maximum absolute atomic E-state index is 12.9. The lowest BCUT2D eigenvalue weighted by molar-refractivity contribution is 0.627. The van der Waals surface area contributed by atoms with Crippen molar-refractivity contribution in [1.29, 1.82) is 0 Å². The molecule has 0 amide bonds. The average Bonchev–Trinajstić information content (AvgIpc) is 2.95. The van der Waals surface area contributed by atoms with E-state index in [9.17, 15) is 4.39 Å². The quantitative estimate of drug-likeness (QED) is 0.420. The highest BCUT2D eigenvalue weighted by atomic mass is 127. The zero-order valence-corrected chi connectivity index (χ0v) is 15.7.